The van der Waals surface area contributed by atoms with Crippen molar-refractivity contribution < 1.29 is 19.0 Å². The Kier molecular flexibility index (Phi) is 6.63. The number of allylic oxidation sites excluding steroid dienone is 1. The number of ether oxygens (including phenoxy) is 3. The van der Waals surface area contributed by atoms with Gasteiger partial charge in [-0.1, -0.05) is 11.6 Å². The second-order valence-corrected chi connectivity index (χ2v) is 7.82. The number of fused-ring (bicyclic) bond motifs is 1. The summed E-state index contributed by atoms with van der Waals surface area (Å²) in [5, 5.41) is 3.03. The Morgan fingerprint density at radius 1 is 1.06 bits per heavy atom. The van der Waals surface area contributed by atoms with Crippen molar-refractivity contribution in [2.75, 3.05) is 27.9 Å². The number of benzene rings is 2. The van der Waals surface area contributed by atoms with Crippen molar-refractivity contribution >= 4 is 16.9 Å². The van der Waals surface area contributed by atoms with Gasteiger partial charge < -0.3 is 19.5 Å². The number of amides is 1. The molecule has 1 aliphatic rings. The molecule has 32 heavy (non-hydrogen) atoms. The van der Waals surface area contributed by atoms with E-state index in [1.54, 1.807) is 27.7 Å². The van der Waals surface area contributed by atoms with Gasteiger partial charge in [0, 0.05) is 24.2 Å². The first-order chi connectivity index (χ1) is 15.6. The van der Waals surface area contributed by atoms with Crippen molar-refractivity contribution in [3.8, 4) is 22.9 Å². The van der Waals surface area contributed by atoms with E-state index in [1.165, 1.54) is 18.4 Å². The Morgan fingerprint density at radius 2 is 1.84 bits per heavy atom. The summed E-state index contributed by atoms with van der Waals surface area (Å²) in [5.74, 6) is 1.58. The van der Waals surface area contributed by atoms with E-state index < -0.39 is 0 Å². The van der Waals surface area contributed by atoms with Crippen LogP contribution in [0.15, 0.2) is 48.3 Å². The van der Waals surface area contributed by atoms with Gasteiger partial charge in [-0.2, -0.15) is 0 Å². The largest absolute Gasteiger partial charge is 0.493 e. The topological polar surface area (TPSA) is 74.6 Å². The van der Waals surface area contributed by atoms with Crippen molar-refractivity contribution in [3.63, 3.8) is 0 Å². The van der Waals surface area contributed by atoms with Gasteiger partial charge in [0.15, 0.2) is 11.5 Å². The molecule has 7 heteroatoms. The highest BCUT2D eigenvalue weighted by molar-refractivity contribution is 5.97. The van der Waals surface area contributed by atoms with Crippen LogP contribution in [0.5, 0.6) is 17.2 Å². The summed E-state index contributed by atoms with van der Waals surface area (Å²) >= 11 is 0. The van der Waals surface area contributed by atoms with E-state index in [4.69, 9.17) is 14.2 Å². The van der Waals surface area contributed by atoms with E-state index in [0.717, 1.165) is 36.0 Å². The van der Waals surface area contributed by atoms with E-state index in [9.17, 15) is 4.79 Å². The van der Waals surface area contributed by atoms with Crippen molar-refractivity contribution in [2.45, 2.75) is 32.1 Å². The number of nitrogens with one attached hydrogen (secondary N) is 1. The van der Waals surface area contributed by atoms with Crippen LogP contribution in [-0.2, 0) is 0 Å². The highest BCUT2D eigenvalue weighted by atomic mass is 16.5. The molecule has 0 spiro atoms. The molecule has 168 valence electrons. The Morgan fingerprint density at radius 3 is 2.50 bits per heavy atom. The van der Waals surface area contributed by atoms with Crippen molar-refractivity contribution in [3.05, 3.63) is 53.9 Å². The zero-order valence-electron chi connectivity index (χ0n) is 18.8. The first kappa shape index (κ1) is 21.7. The van der Waals surface area contributed by atoms with E-state index in [-0.39, 0.29) is 5.91 Å². The van der Waals surface area contributed by atoms with Crippen LogP contribution in [0.4, 0.5) is 0 Å². The molecule has 0 saturated heterocycles. The van der Waals surface area contributed by atoms with Gasteiger partial charge in [-0.3, -0.25) is 9.36 Å². The molecule has 0 atom stereocenters. The first-order valence-electron chi connectivity index (χ1n) is 10.9. The minimum Gasteiger partial charge on any atom is -0.493 e. The fourth-order valence-electron chi connectivity index (χ4n) is 4.14. The summed E-state index contributed by atoms with van der Waals surface area (Å²) in [4.78, 5) is 17.1. The summed E-state index contributed by atoms with van der Waals surface area (Å²) < 4.78 is 18.3. The number of rotatable bonds is 8. The van der Waals surface area contributed by atoms with E-state index in [2.05, 4.69) is 16.4 Å². The average Bonchev–Trinajstić information content (AvgIpc) is 3.27. The van der Waals surface area contributed by atoms with Gasteiger partial charge in [-0.05, 0) is 50.3 Å². The predicted octanol–water partition coefficient (Wildman–Crippen LogP) is 4.67. The summed E-state index contributed by atoms with van der Waals surface area (Å²) in [6, 6.07) is 9.28. The van der Waals surface area contributed by atoms with E-state index >= 15 is 0 Å². The molecule has 0 bridgehead atoms. The lowest BCUT2D eigenvalue weighted by atomic mass is 9.97. The van der Waals surface area contributed by atoms with E-state index in [0.29, 0.717) is 29.4 Å². The molecule has 1 heterocycles. The Bertz CT molecular complexity index is 1120. The van der Waals surface area contributed by atoms with Crippen LogP contribution in [-0.4, -0.2) is 43.3 Å². The van der Waals surface area contributed by atoms with Crippen LogP contribution < -0.4 is 19.5 Å². The zero-order valence-corrected chi connectivity index (χ0v) is 18.8. The lowest BCUT2D eigenvalue weighted by Crippen LogP contribution is -2.24. The third-order valence-corrected chi connectivity index (χ3v) is 5.85. The fraction of sp³-hybridized carbons (Fsp3) is 0.360. The summed E-state index contributed by atoms with van der Waals surface area (Å²) in [7, 11) is 4.75. The molecule has 0 aliphatic heterocycles. The molecule has 3 aromatic rings. The third kappa shape index (κ3) is 4.42. The second kappa shape index (κ2) is 9.77. The van der Waals surface area contributed by atoms with Gasteiger partial charge >= 0.3 is 0 Å². The van der Waals surface area contributed by atoms with Crippen LogP contribution >= 0.6 is 0 Å². The average molecular weight is 436 g/mol. The molecule has 0 saturated carbocycles. The van der Waals surface area contributed by atoms with Crippen molar-refractivity contribution in [2.24, 2.45) is 0 Å². The molecule has 4 rings (SSSR count). The van der Waals surface area contributed by atoms with Gasteiger partial charge in [-0.25, -0.2) is 4.98 Å². The number of carbonyl (C=O) groups excluding carboxylic acids is 1. The lowest BCUT2D eigenvalue weighted by molar-refractivity contribution is 0.0954. The highest BCUT2D eigenvalue weighted by Crippen LogP contribution is 2.39. The normalized spacial score (nSPS) is 13.5. The maximum atomic E-state index is 12.6. The Hall–Kier alpha value is -3.48. The number of carbonyl (C=O) groups is 1. The summed E-state index contributed by atoms with van der Waals surface area (Å²) in [6.07, 6.45) is 9.81. The van der Waals surface area contributed by atoms with Crippen LogP contribution in [0.25, 0.3) is 16.7 Å². The molecule has 1 amide bonds. The van der Waals surface area contributed by atoms with Gasteiger partial charge in [0.25, 0.3) is 5.91 Å². The number of hydrogen-bond acceptors (Lipinski definition) is 5. The van der Waals surface area contributed by atoms with Crippen LogP contribution in [0.1, 0.15) is 42.5 Å². The van der Waals surface area contributed by atoms with Crippen LogP contribution in [0.3, 0.4) is 0 Å². The Balaban J connectivity index is 1.54. The molecule has 0 unspecified atom stereocenters. The minimum absolute atomic E-state index is 0.0781. The van der Waals surface area contributed by atoms with Gasteiger partial charge in [0.1, 0.15) is 6.33 Å². The zero-order chi connectivity index (χ0) is 22.5. The minimum atomic E-state index is -0.0781. The first-order valence-corrected chi connectivity index (χ1v) is 10.9. The number of aromatic nitrogens is 2. The smallest absolute Gasteiger partial charge is 0.251 e. The summed E-state index contributed by atoms with van der Waals surface area (Å²) in [6.45, 7) is 0.655. The number of imidazole rings is 1. The number of nitrogens with zero attached hydrogens (tertiary/aromatic N) is 2. The SMILES string of the molecule is COc1cc(-n2cnc3cc(C(=O)NCCC4=CCCCC4)ccc32)cc(OC)c1OC. The van der Waals surface area contributed by atoms with Crippen LogP contribution in [0, 0.1) is 0 Å². The molecular formula is C25H29N3O4. The predicted molar refractivity (Wildman–Crippen MR) is 124 cm³/mol. The number of hydrogen-bond donors (Lipinski definition) is 1. The molecule has 2 aromatic carbocycles. The van der Waals surface area contributed by atoms with Gasteiger partial charge in [0.05, 0.1) is 38.1 Å². The fourth-order valence-corrected chi connectivity index (χ4v) is 4.14. The molecule has 0 fully saturated rings. The third-order valence-electron chi connectivity index (χ3n) is 5.85. The second-order valence-electron chi connectivity index (χ2n) is 7.82. The summed E-state index contributed by atoms with van der Waals surface area (Å²) in [5.41, 5.74) is 4.49. The molecule has 1 aliphatic carbocycles. The van der Waals surface area contributed by atoms with E-state index in [1.807, 2.05) is 34.9 Å². The Labute approximate surface area is 188 Å². The standard InChI is InChI=1S/C25H29N3O4/c1-30-22-14-19(15-23(31-2)24(22)32-3)28-16-27-20-13-18(9-10-21(20)28)25(29)26-12-11-17-7-5-4-6-8-17/h7,9-10,13-16H,4-6,8,11-12H2,1-3H3,(H,26,29). The number of methoxy groups -OCH3 is 3. The maximum Gasteiger partial charge on any atom is 0.251 e. The van der Waals surface area contributed by atoms with Crippen molar-refractivity contribution in [1.29, 1.82) is 0 Å². The lowest BCUT2D eigenvalue weighted by Gasteiger charge is -2.15. The molecule has 1 N–H and O–H groups in total. The van der Waals surface area contributed by atoms with Gasteiger partial charge in [-0.15, -0.1) is 0 Å². The molecular weight excluding hydrogens is 406 g/mol. The van der Waals surface area contributed by atoms with Crippen LogP contribution in [0.2, 0.25) is 0 Å². The van der Waals surface area contributed by atoms with Crippen molar-refractivity contribution in [1.82, 2.24) is 14.9 Å². The maximum absolute atomic E-state index is 12.6. The highest BCUT2D eigenvalue weighted by Gasteiger charge is 2.16. The quantitative estimate of drug-likeness (QED) is 0.521. The molecule has 7 nitrogen and oxygen atoms in total. The molecule has 1 aromatic heterocycles. The van der Waals surface area contributed by atoms with Gasteiger partial charge in [0.2, 0.25) is 5.75 Å². The molecule has 0 radical (unpaired) electrons. The monoisotopic (exact) mass is 435 g/mol.